The minimum atomic E-state index is -0.596. The molecule has 7 heteroatoms. The summed E-state index contributed by atoms with van der Waals surface area (Å²) in [7, 11) is 0. The molecule has 0 saturated carbocycles. The number of hydrogen-bond acceptors (Lipinski definition) is 5. The molecule has 0 spiro atoms. The molecule has 1 fully saturated rings. The number of halogens is 1. The molecule has 0 unspecified atom stereocenters. The van der Waals surface area contributed by atoms with E-state index >= 15 is 0 Å². The van der Waals surface area contributed by atoms with E-state index in [1.165, 1.54) is 17.3 Å². The molecule has 1 saturated heterocycles. The molecule has 0 aliphatic carbocycles. The monoisotopic (exact) mass is 268 g/mol. The zero-order valence-corrected chi connectivity index (χ0v) is 10.8. The van der Waals surface area contributed by atoms with Gasteiger partial charge in [0.05, 0.1) is 23.8 Å². The van der Waals surface area contributed by atoms with Gasteiger partial charge in [0.1, 0.15) is 6.04 Å². The van der Waals surface area contributed by atoms with Crippen molar-refractivity contribution in [1.29, 1.82) is 0 Å². The minimum absolute atomic E-state index is 0.128. The lowest BCUT2D eigenvalue weighted by Gasteiger charge is -2.19. The quantitative estimate of drug-likeness (QED) is 0.830. The van der Waals surface area contributed by atoms with Gasteiger partial charge in [-0.2, -0.15) is 0 Å². The van der Waals surface area contributed by atoms with Crippen LogP contribution in [-0.2, 0) is 9.59 Å². The van der Waals surface area contributed by atoms with Gasteiger partial charge >= 0.3 is 0 Å². The topological polar surface area (TPSA) is 75.2 Å². The fourth-order valence-corrected chi connectivity index (χ4v) is 1.95. The van der Waals surface area contributed by atoms with Gasteiger partial charge in [-0.1, -0.05) is 11.6 Å². The van der Waals surface area contributed by atoms with Crippen molar-refractivity contribution in [3.05, 3.63) is 17.4 Å². The highest BCUT2D eigenvalue weighted by atomic mass is 35.5. The molecule has 1 aromatic rings. The maximum Gasteiger partial charge on any atom is 0.252 e. The van der Waals surface area contributed by atoms with Crippen molar-refractivity contribution < 1.29 is 9.59 Å². The van der Waals surface area contributed by atoms with Crippen molar-refractivity contribution in [3.63, 3.8) is 0 Å². The van der Waals surface area contributed by atoms with Crippen LogP contribution in [0.25, 0.3) is 0 Å². The number of imide groups is 1. The number of amides is 2. The van der Waals surface area contributed by atoms with Gasteiger partial charge in [0.25, 0.3) is 5.91 Å². The Morgan fingerprint density at radius 1 is 1.39 bits per heavy atom. The van der Waals surface area contributed by atoms with Crippen molar-refractivity contribution in [2.75, 3.05) is 5.32 Å². The molecule has 2 heterocycles. The zero-order chi connectivity index (χ0) is 13.3. The first-order valence-corrected chi connectivity index (χ1v) is 5.97. The van der Waals surface area contributed by atoms with E-state index in [4.69, 9.17) is 11.6 Å². The Bertz CT molecular complexity index is 474. The number of anilines is 1. The van der Waals surface area contributed by atoms with Crippen LogP contribution < -0.4 is 5.32 Å². The highest BCUT2D eigenvalue weighted by molar-refractivity contribution is 6.30. The van der Waals surface area contributed by atoms with Crippen LogP contribution in [0.2, 0.25) is 5.02 Å². The van der Waals surface area contributed by atoms with E-state index < -0.39 is 6.04 Å². The number of hydrogen-bond donors (Lipinski definition) is 1. The second-order valence-corrected chi connectivity index (χ2v) is 4.76. The van der Waals surface area contributed by atoms with Crippen LogP contribution in [0.4, 0.5) is 5.95 Å². The summed E-state index contributed by atoms with van der Waals surface area (Å²) in [4.78, 5) is 32.8. The molecule has 2 amide bonds. The fraction of sp³-hybridized carbons (Fsp3) is 0.455. The molecule has 1 N–H and O–H groups in total. The summed E-state index contributed by atoms with van der Waals surface area (Å²) in [6.45, 7) is 3.61. The summed E-state index contributed by atoms with van der Waals surface area (Å²) in [5.41, 5.74) is 0. The minimum Gasteiger partial charge on any atom is -0.342 e. The third kappa shape index (κ3) is 2.43. The lowest BCUT2D eigenvalue weighted by Crippen LogP contribution is -2.39. The Balaban J connectivity index is 2.10. The van der Waals surface area contributed by atoms with Crippen molar-refractivity contribution >= 4 is 29.4 Å². The van der Waals surface area contributed by atoms with Crippen LogP contribution in [0, 0.1) is 0 Å². The molecule has 6 nitrogen and oxygen atoms in total. The Kier molecular flexibility index (Phi) is 3.47. The number of carbonyl (C=O) groups is 2. The number of aromatic nitrogens is 2. The second kappa shape index (κ2) is 4.89. The number of nitrogens with one attached hydrogen (secondary N) is 1. The fourth-order valence-electron chi connectivity index (χ4n) is 1.85. The predicted octanol–water partition coefficient (Wildman–Crippen LogP) is 1.08. The average molecular weight is 269 g/mol. The summed E-state index contributed by atoms with van der Waals surface area (Å²) in [6, 6.07) is -0.732. The third-order valence-electron chi connectivity index (χ3n) is 2.62. The number of rotatable bonds is 3. The van der Waals surface area contributed by atoms with E-state index in [2.05, 4.69) is 15.3 Å². The first-order chi connectivity index (χ1) is 8.49. The van der Waals surface area contributed by atoms with Crippen LogP contribution in [0.5, 0.6) is 0 Å². The van der Waals surface area contributed by atoms with Gasteiger partial charge in [-0.25, -0.2) is 9.97 Å². The van der Waals surface area contributed by atoms with E-state index in [0.717, 1.165) is 0 Å². The molecular formula is C11H13ClN4O2. The molecule has 18 heavy (non-hydrogen) atoms. The van der Waals surface area contributed by atoms with E-state index in [-0.39, 0.29) is 30.2 Å². The maximum absolute atomic E-state index is 12.0. The smallest absolute Gasteiger partial charge is 0.252 e. The number of nitrogens with zero attached hydrogens (tertiary/aromatic N) is 3. The molecule has 0 radical (unpaired) electrons. The molecule has 0 bridgehead atoms. The van der Waals surface area contributed by atoms with Crippen molar-refractivity contribution in [2.24, 2.45) is 0 Å². The lowest BCUT2D eigenvalue weighted by atomic mass is 10.2. The van der Waals surface area contributed by atoms with E-state index in [1.807, 2.05) is 0 Å². The summed E-state index contributed by atoms with van der Waals surface area (Å²) < 4.78 is 0. The first kappa shape index (κ1) is 12.8. The largest absolute Gasteiger partial charge is 0.342 e. The normalized spacial score (nSPS) is 19.8. The van der Waals surface area contributed by atoms with Crippen LogP contribution in [-0.4, -0.2) is 38.8 Å². The van der Waals surface area contributed by atoms with E-state index in [9.17, 15) is 9.59 Å². The Hall–Kier alpha value is -1.69. The van der Waals surface area contributed by atoms with Gasteiger partial charge < -0.3 is 5.32 Å². The molecule has 1 atom stereocenters. The van der Waals surface area contributed by atoms with Gasteiger partial charge in [0.2, 0.25) is 11.9 Å². The van der Waals surface area contributed by atoms with Gasteiger partial charge in [0.15, 0.2) is 0 Å². The van der Waals surface area contributed by atoms with Crippen LogP contribution in [0.3, 0.4) is 0 Å². The van der Waals surface area contributed by atoms with Crippen molar-refractivity contribution in [2.45, 2.75) is 32.4 Å². The molecule has 1 aliphatic rings. The predicted molar refractivity (Wildman–Crippen MR) is 66.1 cm³/mol. The summed E-state index contributed by atoms with van der Waals surface area (Å²) in [5.74, 6) is -0.133. The lowest BCUT2D eigenvalue weighted by molar-refractivity contribution is -0.140. The Labute approximate surface area is 109 Å². The van der Waals surface area contributed by atoms with Crippen molar-refractivity contribution in [1.82, 2.24) is 14.9 Å². The Morgan fingerprint density at radius 3 is 2.50 bits per heavy atom. The highest BCUT2D eigenvalue weighted by Crippen LogP contribution is 2.19. The number of likely N-dealkylation sites (tertiary alicyclic amines) is 1. The molecule has 0 aromatic carbocycles. The molecule has 96 valence electrons. The zero-order valence-electron chi connectivity index (χ0n) is 10.1. The van der Waals surface area contributed by atoms with Gasteiger partial charge in [-0.15, -0.1) is 0 Å². The standard InChI is InChI=1S/C11H13ClN4O2/c1-6(2)16-9(17)3-8(10(16)18)15-11-13-4-7(12)5-14-11/h4-6,8H,3H2,1-2H3,(H,13,14,15)/t8-/m0/s1. The summed E-state index contributed by atoms with van der Waals surface area (Å²) in [5, 5.41) is 3.26. The molecule has 2 rings (SSSR count). The molecule has 1 aromatic heterocycles. The van der Waals surface area contributed by atoms with E-state index in [1.54, 1.807) is 13.8 Å². The summed E-state index contributed by atoms with van der Waals surface area (Å²) >= 11 is 5.66. The molecule has 1 aliphatic heterocycles. The third-order valence-corrected chi connectivity index (χ3v) is 2.82. The van der Waals surface area contributed by atoms with Crippen LogP contribution in [0.1, 0.15) is 20.3 Å². The maximum atomic E-state index is 12.0. The average Bonchev–Trinajstić information content (AvgIpc) is 2.57. The van der Waals surface area contributed by atoms with Gasteiger partial charge in [-0.3, -0.25) is 14.5 Å². The van der Waals surface area contributed by atoms with Gasteiger partial charge in [-0.05, 0) is 13.8 Å². The van der Waals surface area contributed by atoms with Crippen molar-refractivity contribution in [3.8, 4) is 0 Å². The highest BCUT2D eigenvalue weighted by Gasteiger charge is 2.40. The molecular weight excluding hydrogens is 256 g/mol. The van der Waals surface area contributed by atoms with E-state index in [0.29, 0.717) is 5.02 Å². The van der Waals surface area contributed by atoms with Crippen LogP contribution >= 0.6 is 11.6 Å². The second-order valence-electron chi connectivity index (χ2n) is 4.32. The number of carbonyl (C=O) groups excluding carboxylic acids is 2. The SMILES string of the molecule is CC(C)N1C(=O)C[C@H](Nc2ncc(Cl)cn2)C1=O. The Morgan fingerprint density at radius 2 is 2.00 bits per heavy atom. The first-order valence-electron chi connectivity index (χ1n) is 5.59. The van der Waals surface area contributed by atoms with Gasteiger partial charge in [0, 0.05) is 6.04 Å². The summed E-state index contributed by atoms with van der Waals surface area (Å²) in [6.07, 6.45) is 2.99. The van der Waals surface area contributed by atoms with Crippen LogP contribution in [0.15, 0.2) is 12.4 Å².